The average Bonchev–Trinajstić information content (AvgIpc) is 3.63. The fourth-order valence-electron chi connectivity index (χ4n) is 8.73. The van der Waals surface area contributed by atoms with Crippen molar-refractivity contribution in [3.63, 3.8) is 0 Å². The monoisotopic (exact) mass is 698 g/mol. The molecule has 0 fully saturated rings. The van der Waals surface area contributed by atoms with Gasteiger partial charge in [0.05, 0.1) is 0 Å². The molecule has 0 aliphatic heterocycles. The summed E-state index contributed by atoms with van der Waals surface area (Å²) in [6, 6.07) is 74.8. The molecule has 0 aliphatic carbocycles. The van der Waals surface area contributed by atoms with Crippen molar-refractivity contribution in [2.24, 2.45) is 0 Å². The van der Waals surface area contributed by atoms with Gasteiger partial charge >= 0.3 is 0 Å². The predicted octanol–water partition coefficient (Wildman–Crippen LogP) is 15.4. The second kappa shape index (κ2) is 12.7. The van der Waals surface area contributed by atoms with Gasteiger partial charge in [0.25, 0.3) is 0 Å². The average molecular weight is 699 g/mol. The summed E-state index contributed by atoms with van der Waals surface area (Å²) in [6.45, 7) is 0. The Morgan fingerprint density at radius 1 is 0.236 bits per heavy atom. The molecular formula is C54H34O. The highest BCUT2D eigenvalue weighted by Crippen LogP contribution is 2.48. The lowest BCUT2D eigenvalue weighted by Gasteiger charge is -2.20. The fourth-order valence-corrected chi connectivity index (χ4v) is 8.73. The van der Waals surface area contributed by atoms with Gasteiger partial charge in [-0.3, -0.25) is 0 Å². The Bertz CT molecular complexity index is 3240. The molecule has 55 heavy (non-hydrogen) atoms. The second-order valence-electron chi connectivity index (χ2n) is 14.4. The molecule has 1 aromatic heterocycles. The molecule has 0 bridgehead atoms. The first-order valence-electron chi connectivity index (χ1n) is 18.9. The summed E-state index contributed by atoms with van der Waals surface area (Å²) in [5.41, 5.74) is 13.8. The van der Waals surface area contributed by atoms with Crippen LogP contribution in [0.5, 0.6) is 0 Å². The van der Waals surface area contributed by atoms with Crippen LogP contribution in [-0.4, -0.2) is 0 Å². The summed E-state index contributed by atoms with van der Waals surface area (Å²) in [7, 11) is 0. The molecule has 0 amide bonds. The van der Waals surface area contributed by atoms with Crippen LogP contribution in [0.25, 0.3) is 110 Å². The molecule has 1 nitrogen and oxygen atoms in total. The van der Waals surface area contributed by atoms with Crippen LogP contribution in [0, 0.1) is 0 Å². The van der Waals surface area contributed by atoms with E-state index in [4.69, 9.17) is 4.42 Å². The maximum absolute atomic E-state index is 6.76. The Balaban J connectivity index is 1.26. The number of para-hydroxylation sites is 1. The quantitative estimate of drug-likeness (QED) is 0.163. The van der Waals surface area contributed by atoms with E-state index >= 15 is 0 Å². The van der Waals surface area contributed by atoms with Gasteiger partial charge in [-0.15, -0.1) is 0 Å². The Kier molecular flexibility index (Phi) is 7.25. The summed E-state index contributed by atoms with van der Waals surface area (Å²) in [5, 5.41) is 9.53. The largest absolute Gasteiger partial charge is 0.455 e. The number of furan rings is 1. The van der Waals surface area contributed by atoms with E-state index in [1.165, 1.54) is 76.8 Å². The second-order valence-corrected chi connectivity index (χ2v) is 14.4. The zero-order valence-electron chi connectivity index (χ0n) is 30.0. The van der Waals surface area contributed by atoms with Crippen molar-refractivity contribution in [2.75, 3.05) is 0 Å². The molecule has 11 aromatic rings. The summed E-state index contributed by atoms with van der Waals surface area (Å²) < 4.78 is 6.76. The van der Waals surface area contributed by atoms with E-state index in [1.807, 2.05) is 0 Å². The van der Waals surface area contributed by atoms with Crippen molar-refractivity contribution >= 4 is 54.3 Å². The van der Waals surface area contributed by atoms with Crippen LogP contribution in [0.2, 0.25) is 0 Å². The Morgan fingerprint density at radius 3 is 1.36 bits per heavy atom. The van der Waals surface area contributed by atoms with Crippen LogP contribution in [-0.2, 0) is 0 Å². The van der Waals surface area contributed by atoms with E-state index in [0.29, 0.717) is 0 Å². The van der Waals surface area contributed by atoms with Gasteiger partial charge in [0.2, 0.25) is 0 Å². The van der Waals surface area contributed by atoms with Crippen molar-refractivity contribution in [1.29, 1.82) is 0 Å². The molecule has 0 saturated heterocycles. The molecule has 0 aliphatic rings. The summed E-state index contributed by atoms with van der Waals surface area (Å²) in [6.07, 6.45) is 0. The molecule has 10 aromatic carbocycles. The van der Waals surface area contributed by atoms with Gasteiger partial charge < -0.3 is 4.42 Å². The molecule has 1 heterocycles. The smallest absolute Gasteiger partial charge is 0.143 e. The van der Waals surface area contributed by atoms with Gasteiger partial charge in [0, 0.05) is 16.3 Å². The molecule has 0 spiro atoms. The molecular weight excluding hydrogens is 665 g/mol. The van der Waals surface area contributed by atoms with Gasteiger partial charge in [0.1, 0.15) is 11.2 Å². The van der Waals surface area contributed by atoms with Crippen LogP contribution < -0.4 is 0 Å². The normalized spacial score (nSPS) is 11.6. The number of fused-ring (bicyclic) bond motifs is 6. The molecule has 0 N–H and O–H groups in total. The molecule has 0 atom stereocenters. The van der Waals surface area contributed by atoms with Crippen molar-refractivity contribution < 1.29 is 4.42 Å². The minimum Gasteiger partial charge on any atom is -0.455 e. The van der Waals surface area contributed by atoms with Gasteiger partial charge in [-0.1, -0.05) is 176 Å². The van der Waals surface area contributed by atoms with Crippen molar-refractivity contribution in [1.82, 2.24) is 0 Å². The molecule has 1 heteroatoms. The fraction of sp³-hybridized carbons (Fsp3) is 0. The molecule has 0 radical (unpaired) electrons. The molecule has 11 rings (SSSR count). The first-order chi connectivity index (χ1) is 27.3. The predicted molar refractivity (Wildman–Crippen MR) is 233 cm³/mol. The molecule has 0 unspecified atom stereocenters. The van der Waals surface area contributed by atoms with Crippen LogP contribution in [0.15, 0.2) is 211 Å². The summed E-state index contributed by atoms with van der Waals surface area (Å²) in [5.74, 6) is 0. The Labute approximate surface area is 319 Å². The standard InChI is InChI=1S/C54H34O/c1-3-15-35(16-4-1)37-20-13-22-40(31-37)51-45-26-9-10-27-46(45)52(41-23-14-21-38(32-41)36-17-5-2-6-18-36)48-34-42(29-30-47(48)51)53-43-24-8-7-19-39(43)33-49-44-25-11-12-28-50(44)55-54(49)53/h1-34H. The summed E-state index contributed by atoms with van der Waals surface area (Å²) in [4.78, 5) is 0. The third kappa shape index (κ3) is 5.16. The van der Waals surface area contributed by atoms with Crippen molar-refractivity contribution in [3.8, 4) is 55.6 Å². The van der Waals surface area contributed by atoms with Gasteiger partial charge in [-0.2, -0.15) is 0 Å². The van der Waals surface area contributed by atoms with Crippen LogP contribution in [0.4, 0.5) is 0 Å². The SMILES string of the molecule is c1ccc(-c2cccc(-c3c4ccccc4c(-c4cccc(-c5ccccc5)c4)c4cc(-c5c6ccccc6cc6c5oc5ccccc56)ccc34)c2)cc1. The van der Waals surface area contributed by atoms with Crippen molar-refractivity contribution in [3.05, 3.63) is 206 Å². The highest BCUT2D eigenvalue weighted by molar-refractivity contribution is 6.24. The summed E-state index contributed by atoms with van der Waals surface area (Å²) >= 11 is 0. The minimum atomic E-state index is 0.903. The lowest BCUT2D eigenvalue weighted by atomic mass is 9.83. The van der Waals surface area contributed by atoms with E-state index in [1.54, 1.807) is 0 Å². The van der Waals surface area contributed by atoms with E-state index in [0.717, 1.165) is 33.1 Å². The van der Waals surface area contributed by atoms with Crippen LogP contribution >= 0.6 is 0 Å². The molecule has 256 valence electrons. The lowest BCUT2D eigenvalue weighted by Crippen LogP contribution is -1.93. The maximum atomic E-state index is 6.76. The van der Waals surface area contributed by atoms with Gasteiger partial charge in [-0.05, 0) is 113 Å². The van der Waals surface area contributed by atoms with E-state index in [-0.39, 0.29) is 0 Å². The van der Waals surface area contributed by atoms with E-state index in [9.17, 15) is 0 Å². The zero-order chi connectivity index (χ0) is 36.3. The third-order valence-corrected chi connectivity index (χ3v) is 11.2. The maximum Gasteiger partial charge on any atom is 0.143 e. The number of hydrogen-bond acceptors (Lipinski definition) is 1. The number of benzene rings is 10. The first-order valence-corrected chi connectivity index (χ1v) is 18.9. The highest BCUT2D eigenvalue weighted by atomic mass is 16.3. The van der Waals surface area contributed by atoms with Crippen molar-refractivity contribution in [2.45, 2.75) is 0 Å². The van der Waals surface area contributed by atoms with E-state index in [2.05, 4.69) is 206 Å². The number of hydrogen-bond donors (Lipinski definition) is 0. The van der Waals surface area contributed by atoms with E-state index < -0.39 is 0 Å². The van der Waals surface area contributed by atoms with Gasteiger partial charge in [0.15, 0.2) is 0 Å². The minimum absolute atomic E-state index is 0.903. The highest BCUT2D eigenvalue weighted by Gasteiger charge is 2.21. The molecule has 0 saturated carbocycles. The Morgan fingerprint density at radius 2 is 0.709 bits per heavy atom. The van der Waals surface area contributed by atoms with Gasteiger partial charge in [-0.25, -0.2) is 0 Å². The number of rotatable bonds is 5. The zero-order valence-corrected chi connectivity index (χ0v) is 30.0. The van der Waals surface area contributed by atoms with Crippen LogP contribution in [0.3, 0.4) is 0 Å². The van der Waals surface area contributed by atoms with Crippen LogP contribution in [0.1, 0.15) is 0 Å². The topological polar surface area (TPSA) is 13.1 Å². The Hall–Kier alpha value is -7.22. The lowest BCUT2D eigenvalue weighted by molar-refractivity contribution is 0.670. The third-order valence-electron chi connectivity index (χ3n) is 11.2. The first kappa shape index (κ1) is 31.3.